The van der Waals surface area contributed by atoms with Crippen LogP contribution < -0.4 is 10.6 Å². The van der Waals surface area contributed by atoms with Gasteiger partial charge in [0, 0.05) is 30.5 Å². The third kappa shape index (κ3) is 4.06. The Morgan fingerprint density at radius 3 is 2.68 bits per heavy atom. The van der Waals surface area contributed by atoms with E-state index in [1.807, 2.05) is 0 Å². The van der Waals surface area contributed by atoms with E-state index in [2.05, 4.69) is 10.6 Å². The maximum Gasteiger partial charge on any atom is 0.319 e. The van der Waals surface area contributed by atoms with Gasteiger partial charge >= 0.3 is 6.03 Å². The predicted molar refractivity (Wildman–Crippen MR) is 72.4 cm³/mol. The smallest absolute Gasteiger partial charge is 0.319 e. The molecule has 0 saturated carbocycles. The summed E-state index contributed by atoms with van der Waals surface area (Å²) >= 11 is 0. The minimum absolute atomic E-state index is 0.0199. The molecule has 0 spiro atoms. The van der Waals surface area contributed by atoms with Gasteiger partial charge in [0.2, 0.25) is 0 Å². The summed E-state index contributed by atoms with van der Waals surface area (Å²) in [6, 6.07) is 6.82. The maximum absolute atomic E-state index is 11.8. The van der Waals surface area contributed by atoms with Gasteiger partial charge in [-0.3, -0.25) is 4.79 Å². The lowest BCUT2D eigenvalue weighted by atomic mass is 10.1. The van der Waals surface area contributed by atoms with Crippen molar-refractivity contribution in [3.8, 4) is 0 Å². The van der Waals surface area contributed by atoms with Gasteiger partial charge < -0.3 is 15.4 Å². The van der Waals surface area contributed by atoms with Gasteiger partial charge in [-0.25, -0.2) is 4.79 Å². The Balaban J connectivity index is 1.90. The first-order valence-electron chi connectivity index (χ1n) is 6.41. The molecular formula is C14H18N2O3. The summed E-state index contributed by atoms with van der Waals surface area (Å²) in [5.41, 5.74) is 1.21. The van der Waals surface area contributed by atoms with E-state index >= 15 is 0 Å². The van der Waals surface area contributed by atoms with Gasteiger partial charge in [0.25, 0.3) is 0 Å². The number of hydrogen-bond acceptors (Lipinski definition) is 3. The van der Waals surface area contributed by atoms with Crippen molar-refractivity contribution in [1.82, 2.24) is 5.32 Å². The van der Waals surface area contributed by atoms with Crippen molar-refractivity contribution in [3.63, 3.8) is 0 Å². The van der Waals surface area contributed by atoms with Crippen LogP contribution in [-0.2, 0) is 4.74 Å². The van der Waals surface area contributed by atoms with E-state index in [9.17, 15) is 9.59 Å². The molecule has 1 aliphatic heterocycles. The van der Waals surface area contributed by atoms with Crippen LogP contribution in [-0.4, -0.2) is 31.1 Å². The predicted octanol–water partition coefficient (Wildman–Crippen LogP) is 2.19. The second-order valence-electron chi connectivity index (χ2n) is 4.62. The molecule has 19 heavy (non-hydrogen) atoms. The van der Waals surface area contributed by atoms with Crippen molar-refractivity contribution in [2.45, 2.75) is 25.8 Å². The fourth-order valence-electron chi connectivity index (χ4n) is 2.01. The van der Waals surface area contributed by atoms with Crippen LogP contribution in [0.2, 0.25) is 0 Å². The number of anilines is 1. The van der Waals surface area contributed by atoms with E-state index < -0.39 is 0 Å². The summed E-state index contributed by atoms with van der Waals surface area (Å²) in [6.07, 6.45) is 1.67. The molecule has 2 N–H and O–H groups in total. The van der Waals surface area contributed by atoms with E-state index in [0.29, 0.717) is 24.5 Å². The normalized spacial score (nSPS) is 15.8. The molecule has 0 atom stereocenters. The van der Waals surface area contributed by atoms with Crippen molar-refractivity contribution in [2.24, 2.45) is 0 Å². The van der Waals surface area contributed by atoms with Crippen LogP contribution in [0.5, 0.6) is 0 Å². The fraction of sp³-hybridized carbons (Fsp3) is 0.429. The number of ketones is 1. The highest BCUT2D eigenvalue weighted by molar-refractivity contribution is 5.96. The first-order chi connectivity index (χ1) is 9.15. The van der Waals surface area contributed by atoms with Crippen LogP contribution in [0.25, 0.3) is 0 Å². The summed E-state index contributed by atoms with van der Waals surface area (Å²) in [5.74, 6) is -0.0199. The molecule has 0 unspecified atom stereocenters. The van der Waals surface area contributed by atoms with Gasteiger partial charge in [-0.05, 0) is 31.9 Å². The van der Waals surface area contributed by atoms with Gasteiger partial charge in [0.05, 0.1) is 0 Å². The van der Waals surface area contributed by atoms with Crippen molar-refractivity contribution in [2.75, 3.05) is 18.5 Å². The second-order valence-corrected chi connectivity index (χ2v) is 4.62. The first-order valence-corrected chi connectivity index (χ1v) is 6.41. The standard InChI is InChI=1S/C14H18N2O3/c1-10(17)11-3-2-4-13(9-11)16-14(18)15-12-5-7-19-8-6-12/h2-4,9,12H,5-8H2,1H3,(H2,15,16,18). The molecule has 2 rings (SSSR count). The van der Waals surface area contributed by atoms with Crippen LogP contribution in [0.15, 0.2) is 24.3 Å². The Morgan fingerprint density at radius 1 is 1.26 bits per heavy atom. The molecule has 0 radical (unpaired) electrons. The molecule has 0 aromatic heterocycles. The molecule has 1 aliphatic rings. The molecule has 2 amide bonds. The molecule has 1 aromatic rings. The third-order valence-electron chi connectivity index (χ3n) is 3.08. The Morgan fingerprint density at radius 2 is 2.00 bits per heavy atom. The number of amides is 2. The number of rotatable bonds is 3. The molecule has 5 heteroatoms. The minimum Gasteiger partial charge on any atom is -0.381 e. The van der Waals surface area contributed by atoms with Gasteiger partial charge in [-0.15, -0.1) is 0 Å². The Kier molecular flexibility index (Phi) is 4.52. The van der Waals surface area contributed by atoms with Crippen molar-refractivity contribution < 1.29 is 14.3 Å². The van der Waals surface area contributed by atoms with E-state index in [4.69, 9.17) is 4.74 Å². The van der Waals surface area contributed by atoms with Gasteiger partial charge in [0.15, 0.2) is 5.78 Å². The molecule has 1 saturated heterocycles. The van der Waals surface area contributed by atoms with E-state index in [1.165, 1.54) is 6.92 Å². The second kappa shape index (κ2) is 6.33. The number of carbonyl (C=O) groups is 2. The zero-order valence-corrected chi connectivity index (χ0v) is 10.9. The summed E-state index contributed by atoms with van der Waals surface area (Å²) < 4.78 is 5.23. The van der Waals surface area contributed by atoms with Crippen molar-refractivity contribution >= 4 is 17.5 Å². The van der Waals surface area contributed by atoms with Crippen molar-refractivity contribution in [3.05, 3.63) is 29.8 Å². The minimum atomic E-state index is -0.243. The molecule has 0 bridgehead atoms. The zero-order chi connectivity index (χ0) is 13.7. The number of hydrogen-bond donors (Lipinski definition) is 2. The molecule has 1 fully saturated rings. The largest absolute Gasteiger partial charge is 0.381 e. The summed E-state index contributed by atoms with van der Waals surface area (Å²) in [4.78, 5) is 23.1. The number of carbonyl (C=O) groups excluding carboxylic acids is 2. The highest BCUT2D eigenvalue weighted by Crippen LogP contribution is 2.12. The average molecular weight is 262 g/mol. The lowest BCUT2D eigenvalue weighted by molar-refractivity contribution is 0.0806. The maximum atomic E-state index is 11.8. The molecule has 1 heterocycles. The zero-order valence-electron chi connectivity index (χ0n) is 10.9. The quantitative estimate of drug-likeness (QED) is 0.820. The molecular weight excluding hydrogens is 244 g/mol. The highest BCUT2D eigenvalue weighted by Gasteiger charge is 2.16. The summed E-state index contributed by atoms with van der Waals surface area (Å²) in [7, 11) is 0. The summed E-state index contributed by atoms with van der Waals surface area (Å²) in [6.45, 7) is 2.87. The SMILES string of the molecule is CC(=O)c1cccc(NC(=O)NC2CCOCC2)c1. The average Bonchev–Trinajstić information content (AvgIpc) is 2.40. The van der Waals surface area contributed by atoms with Crippen LogP contribution in [0.3, 0.4) is 0 Å². The van der Waals surface area contributed by atoms with E-state index in [1.54, 1.807) is 24.3 Å². The summed E-state index contributed by atoms with van der Waals surface area (Å²) in [5, 5.41) is 5.64. The monoisotopic (exact) mass is 262 g/mol. The number of benzene rings is 1. The molecule has 0 aliphatic carbocycles. The van der Waals surface area contributed by atoms with E-state index in [0.717, 1.165) is 12.8 Å². The Labute approximate surface area is 112 Å². The number of urea groups is 1. The molecule has 102 valence electrons. The lowest BCUT2D eigenvalue weighted by Gasteiger charge is -2.23. The fourth-order valence-corrected chi connectivity index (χ4v) is 2.01. The lowest BCUT2D eigenvalue weighted by Crippen LogP contribution is -2.41. The van der Waals surface area contributed by atoms with E-state index in [-0.39, 0.29) is 17.9 Å². The Bertz CT molecular complexity index is 468. The number of Topliss-reactive ketones (excluding diaryl/α,β-unsaturated/α-hetero) is 1. The van der Waals surface area contributed by atoms with Crippen molar-refractivity contribution in [1.29, 1.82) is 0 Å². The van der Waals surface area contributed by atoms with Crippen LogP contribution in [0.4, 0.5) is 10.5 Å². The highest BCUT2D eigenvalue weighted by atomic mass is 16.5. The third-order valence-corrected chi connectivity index (χ3v) is 3.08. The topological polar surface area (TPSA) is 67.4 Å². The van der Waals surface area contributed by atoms with Crippen LogP contribution in [0, 0.1) is 0 Å². The molecule has 5 nitrogen and oxygen atoms in total. The van der Waals surface area contributed by atoms with Gasteiger partial charge in [-0.1, -0.05) is 12.1 Å². The number of ether oxygens (including phenoxy) is 1. The van der Waals surface area contributed by atoms with Gasteiger partial charge in [-0.2, -0.15) is 0 Å². The Hall–Kier alpha value is -1.88. The van der Waals surface area contributed by atoms with Gasteiger partial charge in [0.1, 0.15) is 0 Å². The molecule has 1 aromatic carbocycles. The van der Waals surface area contributed by atoms with Crippen LogP contribution in [0.1, 0.15) is 30.1 Å². The first kappa shape index (κ1) is 13.5. The van der Waals surface area contributed by atoms with Crippen LogP contribution >= 0.6 is 0 Å². The number of nitrogens with one attached hydrogen (secondary N) is 2.